The summed E-state index contributed by atoms with van der Waals surface area (Å²) in [5.74, 6) is 0.694. The molecule has 1 heterocycles. The summed E-state index contributed by atoms with van der Waals surface area (Å²) in [5, 5.41) is 0. The van der Waals surface area contributed by atoms with Crippen LogP contribution < -0.4 is 4.74 Å². The lowest BCUT2D eigenvalue weighted by molar-refractivity contribution is -0.137. The molecular weight excluding hydrogens is 357 g/mol. The number of aromatic nitrogens is 2. The standard InChI is InChI=1S/C20H17F3N2O2/c1-26-18-7-5-15(6-8-18)19(16-10-24-13-25-11-16)27-12-14-3-2-4-17(9-14)20(21,22)23/h2-11,13,19H,12H2,1H3. The van der Waals surface area contributed by atoms with Gasteiger partial charge in [-0.1, -0.05) is 24.3 Å². The maximum atomic E-state index is 12.9. The van der Waals surface area contributed by atoms with Gasteiger partial charge in [0.2, 0.25) is 0 Å². The van der Waals surface area contributed by atoms with Gasteiger partial charge in [-0.25, -0.2) is 9.97 Å². The van der Waals surface area contributed by atoms with Crippen molar-refractivity contribution in [2.24, 2.45) is 0 Å². The Bertz CT molecular complexity index is 868. The van der Waals surface area contributed by atoms with Crippen LogP contribution in [-0.2, 0) is 17.5 Å². The zero-order valence-electron chi connectivity index (χ0n) is 14.5. The molecule has 1 atom stereocenters. The Balaban J connectivity index is 1.84. The molecule has 1 aromatic heterocycles. The summed E-state index contributed by atoms with van der Waals surface area (Å²) in [7, 11) is 1.57. The van der Waals surface area contributed by atoms with E-state index in [9.17, 15) is 13.2 Å². The number of hydrogen-bond acceptors (Lipinski definition) is 4. The largest absolute Gasteiger partial charge is 0.497 e. The predicted molar refractivity (Wildman–Crippen MR) is 93.1 cm³/mol. The van der Waals surface area contributed by atoms with Gasteiger partial charge in [0.05, 0.1) is 19.3 Å². The second kappa shape index (κ2) is 8.18. The highest BCUT2D eigenvalue weighted by atomic mass is 19.4. The number of methoxy groups -OCH3 is 1. The van der Waals surface area contributed by atoms with E-state index in [1.165, 1.54) is 12.4 Å². The summed E-state index contributed by atoms with van der Waals surface area (Å²) < 4.78 is 49.8. The Morgan fingerprint density at radius 1 is 0.963 bits per heavy atom. The van der Waals surface area contributed by atoms with Gasteiger partial charge in [-0.2, -0.15) is 13.2 Å². The Morgan fingerprint density at radius 3 is 2.30 bits per heavy atom. The first-order chi connectivity index (χ1) is 13.0. The van der Waals surface area contributed by atoms with Crippen LogP contribution in [0, 0.1) is 0 Å². The van der Waals surface area contributed by atoms with Crippen molar-refractivity contribution in [1.82, 2.24) is 9.97 Å². The predicted octanol–water partition coefficient (Wildman–Crippen LogP) is 4.81. The molecule has 1 unspecified atom stereocenters. The molecule has 4 nitrogen and oxygen atoms in total. The van der Waals surface area contributed by atoms with Crippen LogP contribution >= 0.6 is 0 Å². The SMILES string of the molecule is COc1ccc(C(OCc2cccc(C(F)(F)F)c2)c2cncnc2)cc1. The van der Waals surface area contributed by atoms with E-state index < -0.39 is 17.8 Å². The van der Waals surface area contributed by atoms with Crippen molar-refractivity contribution >= 4 is 0 Å². The number of halogens is 3. The Kier molecular flexibility index (Phi) is 5.71. The average Bonchev–Trinajstić information content (AvgIpc) is 2.69. The first-order valence-corrected chi connectivity index (χ1v) is 8.14. The van der Waals surface area contributed by atoms with E-state index >= 15 is 0 Å². The highest BCUT2D eigenvalue weighted by Crippen LogP contribution is 2.31. The third-order valence-corrected chi connectivity index (χ3v) is 3.97. The first-order valence-electron chi connectivity index (χ1n) is 8.14. The molecule has 0 aliphatic rings. The number of ether oxygens (including phenoxy) is 2. The molecule has 140 valence electrons. The fourth-order valence-electron chi connectivity index (χ4n) is 2.63. The second-order valence-electron chi connectivity index (χ2n) is 5.83. The molecule has 0 bridgehead atoms. The lowest BCUT2D eigenvalue weighted by Crippen LogP contribution is -2.09. The van der Waals surface area contributed by atoms with E-state index in [4.69, 9.17) is 9.47 Å². The minimum atomic E-state index is -4.39. The summed E-state index contributed by atoms with van der Waals surface area (Å²) in [5.41, 5.74) is 1.25. The maximum Gasteiger partial charge on any atom is 0.416 e. The van der Waals surface area contributed by atoms with Gasteiger partial charge in [0, 0.05) is 18.0 Å². The van der Waals surface area contributed by atoms with Crippen molar-refractivity contribution in [3.8, 4) is 5.75 Å². The second-order valence-corrected chi connectivity index (χ2v) is 5.83. The molecule has 0 radical (unpaired) electrons. The summed E-state index contributed by atoms with van der Waals surface area (Å²) in [6.07, 6.45) is -0.270. The zero-order chi connectivity index (χ0) is 19.3. The van der Waals surface area contributed by atoms with Crippen LogP contribution in [0.1, 0.15) is 28.4 Å². The van der Waals surface area contributed by atoms with Crippen LogP contribution in [0.5, 0.6) is 5.75 Å². The summed E-state index contributed by atoms with van der Waals surface area (Å²) in [6, 6.07) is 12.4. The highest BCUT2D eigenvalue weighted by Gasteiger charge is 2.30. The van der Waals surface area contributed by atoms with Crippen LogP contribution in [0.2, 0.25) is 0 Å². The van der Waals surface area contributed by atoms with Crippen molar-refractivity contribution in [3.05, 3.63) is 89.5 Å². The smallest absolute Gasteiger partial charge is 0.416 e. The van der Waals surface area contributed by atoms with E-state index in [1.807, 2.05) is 12.1 Å². The number of nitrogens with zero attached hydrogens (tertiary/aromatic N) is 2. The van der Waals surface area contributed by atoms with Crippen molar-refractivity contribution < 1.29 is 22.6 Å². The molecule has 0 saturated heterocycles. The van der Waals surface area contributed by atoms with Crippen LogP contribution in [0.4, 0.5) is 13.2 Å². The third-order valence-electron chi connectivity index (χ3n) is 3.97. The molecular formula is C20H17F3N2O2. The molecule has 0 aliphatic heterocycles. The molecule has 7 heteroatoms. The van der Waals surface area contributed by atoms with Gasteiger partial charge in [-0.15, -0.1) is 0 Å². The molecule has 0 saturated carbocycles. The monoisotopic (exact) mass is 374 g/mol. The van der Waals surface area contributed by atoms with Crippen molar-refractivity contribution in [1.29, 1.82) is 0 Å². The van der Waals surface area contributed by atoms with E-state index in [1.54, 1.807) is 37.7 Å². The van der Waals surface area contributed by atoms with Gasteiger partial charge in [0.25, 0.3) is 0 Å². The molecule has 0 N–H and O–H groups in total. The fraction of sp³-hybridized carbons (Fsp3) is 0.200. The van der Waals surface area contributed by atoms with E-state index in [0.717, 1.165) is 17.7 Å². The molecule has 0 spiro atoms. The molecule has 0 amide bonds. The lowest BCUT2D eigenvalue weighted by Gasteiger charge is -2.19. The Hall–Kier alpha value is -2.93. The zero-order valence-corrected chi connectivity index (χ0v) is 14.5. The Morgan fingerprint density at radius 2 is 1.67 bits per heavy atom. The molecule has 3 rings (SSSR count). The van der Waals surface area contributed by atoms with E-state index in [-0.39, 0.29) is 6.61 Å². The molecule has 0 fully saturated rings. The van der Waals surface area contributed by atoms with Gasteiger partial charge in [0.15, 0.2) is 0 Å². The van der Waals surface area contributed by atoms with E-state index in [0.29, 0.717) is 16.9 Å². The van der Waals surface area contributed by atoms with Crippen LogP contribution in [0.3, 0.4) is 0 Å². The topological polar surface area (TPSA) is 44.2 Å². The normalized spacial score (nSPS) is 12.6. The minimum Gasteiger partial charge on any atom is -0.497 e. The molecule has 0 aliphatic carbocycles. The van der Waals surface area contributed by atoms with Gasteiger partial charge < -0.3 is 9.47 Å². The average molecular weight is 374 g/mol. The quantitative estimate of drug-likeness (QED) is 0.621. The number of benzene rings is 2. The highest BCUT2D eigenvalue weighted by molar-refractivity contribution is 5.33. The summed E-state index contributed by atoms with van der Waals surface area (Å²) in [6.45, 7) is 0.00943. The molecule has 3 aromatic rings. The number of rotatable bonds is 6. The summed E-state index contributed by atoms with van der Waals surface area (Å²) in [4.78, 5) is 8.00. The van der Waals surface area contributed by atoms with Crippen molar-refractivity contribution in [3.63, 3.8) is 0 Å². The number of alkyl halides is 3. The van der Waals surface area contributed by atoms with Gasteiger partial charge in [-0.05, 0) is 35.4 Å². The van der Waals surface area contributed by atoms with E-state index in [2.05, 4.69) is 9.97 Å². The van der Waals surface area contributed by atoms with Gasteiger partial charge >= 0.3 is 6.18 Å². The fourth-order valence-corrected chi connectivity index (χ4v) is 2.63. The van der Waals surface area contributed by atoms with Crippen molar-refractivity contribution in [2.45, 2.75) is 18.9 Å². The maximum absolute atomic E-state index is 12.9. The summed E-state index contributed by atoms with van der Waals surface area (Å²) >= 11 is 0. The lowest BCUT2D eigenvalue weighted by atomic mass is 10.0. The van der Waals surface area contributed by atoms with Gasteiger partial charge in [0.1, 0.15) is 18.2 Å². The van der Waals surface area contributed by atoms with Crippen molar-refractivity contribution in [2.75, 3.05) is 7.11 Å². The first kappa shape index (κ1) is 18.8. The van der Waals surface area contributed by atoms with Gasteiger partial charge in [-0.3, -0.25) is 0 Å². The van der Waals surface area contributed by atoms with Crippen LogP contribution in [0.15, 0.2) is 67.3 Å². The minimum absolute atomic E-state index is 0.00943. The van der Waals surface area contributed by atoms with Crippen LogP contribution in [-0.4, -0.2) is 17.1 Å². The molecule has 27 heavy (non-hydrogen) atoms. The number of hydrogen-bond donors (Lipinski definition) is 0. The van der Waals surface area contributed by atoms with Crippen LogP contribution in [0.25, 0.3) is 0 Å². The molecule has 2 aromatic carbocycles. The third kappa shape index (κ3) is 4.83. The Labute approximate surface area is 154 Å².